The van der Waals surface area contributed by atoms with Crippen molar-refractivity contribution in [1.29, 1.82) is 0 Å². The average Bonchev–Trinajstić information content (AvgIpc) is 3.41. The van der Waals surface area contributed by atoms with E-state index in [0.717, 1.165) is 53.6 Å². The van der Waals surface area contributed by atoms with Crippen LogP contribution in [0.25, 0.3) is 10.2 Å². The summed E-state index contributed by atoms with van der Waals surface area (Å²) < 4.78 is 6.51. The fourth-order valence-electron chi connectivity index (χ4n) is 5.33. The van der Waals surface area contributed by atoms with Gasteiger partial charge in [0.05, 0.1) is 34.4 Å². The lowest BCUT2D eigenvalue weighted by molar-refractivity contribution is -0.130. The van der Waals surface area contributed by atoms with Crippen molar-refractivity contribution in [3.8, 4) is 0 Å². The first-order chi connectivity index (χ1) is 20.3. The van der Waals surface area contributed by atoms with Gasteiger partial charge in [0.25, 0.3) is 0 Å². The number of rotatable bonds is 16. The molecule has 1 N–H and O–H groups in total. The number of morpholine rings is 1. The average molecular weight is 592 g/mol. The van der Waals surface area contributed by atoms with Crippen molar-refractivity contribution in [2.75, 3.05) is 32.8 Å². The van der Waals surface area contributed by atoms with Crippen LogP contribution in [0.4, 0.5) is 0 Å². The monoisotopic (exact) mass is 591 g/mol. The second-order valence-electron chi connectivity index (χ2n) is 11.7. The number of carbonyl (C=O) groups excluding carboxylic acids is 3. The van der Waals surface area contributed by atoms with Gasteiger partial charge in [-0.15, -0.1) is 11.3 Å². The topological polar surface area (TPSA) is 88.6 Å². The minimum Gasteiger partial charge on any atom is -0.379 e. The third-order valence-corrected chi connectivity index (χ3v) is 9.08. The van der Waals surface area contributed by atoms with Gasteiger partial charge in [-0.2, -0.15) is 0 Å². The second-order valence-corrected chi connectivity index (χ2v) is 12.8. The largest absolute Gasteiger partial charge is 0.379 e. The first-order valence-corrected chi connectivity index (χ1v) is 16.2. The van der Waals surface area contributed by atoms with Crippen LogP contribution in [0.15, 0.2) is 48.5 Å². The molecule has 0 bridgehead atoms. The highest BCUT2D eigenvalue weighted by atomic mass is 32.1. The van der Waals surface area contributed by atoms with Crippen molar-refractivity contribution in [3.05, 3.63) is 64.7 Å². The second kappa shape index (κ2) is 16.1. The molecule has 2 aromatic carbocycles. The fraction of sp³-hybridized carbons (Fsp3) is 0.529. The van der Waals surface area contributed by atoms with E-state index in [-0.39, 0.29) is 29.9 Å². The fourth-order valence-corrected chi connectivity index (χ4v) is 6.43. The highest BCUT2D eigenvalue weighted by Gasteiger charge is 2.26. The number of Topliss-reactive ketones (excluding diaryl/α,β-unsaturated/α-hetero) is 2. The molecule has 1 aliphatic heterocycles. The van der Waals surface area contributed by atoms with Crippen molar-refractivity contribution in [3.63, 3.8) is 0 Å². The van der Waals surface area contributed by atoms with Crippen molar-refractivity contribution in [1.82, 2.24) is 15.2 Å². The first-order valence-electron chi connectivity index (χ1n) is 15.4. The Morgan fingerprint density at radius 1 is 1.00 bits per heavy atom. The Hall–Kier alpha value is -2.94. The zero-order valence-electron chi connectivity index (χ0n) is 25.3. The molecule has 3 aromatic rings. The Kier molecular flexibility index (Phi) is 12.2. The Bertz CT molecular complexity index is 1320. The van der Waals surface area contributed by atoms with Crippen LogP contribution in [0.5, 0.6) is 0 Å². The van der Waals surface area contributed by atoms with Crippen LogP contribution in [0, 0.1) is 5.92 Å². The normalized spacial score (nSPS) is 15.5. The SMILES string of the molecule is CCC(=O)C[C@H](Cc1nc2ccc(C(C)C)cc2s1)C(=O)N[C@@H](CCC(=O)CCN1CCOCC1)Cc1ccccc1. The lowest BCUT2D eigenvalue weighted by atomic mass is 9.94. The lowest BCUT2D eigenvalue weighted by Crippen LogP contribution is -2.42. The molecule has 42 heavy (non-hydrogen) atoms. The summed E-state index contributed by atoms with van der Waals surface area (Å²) in [6.07, 6.45) is 3.13. The third-order valence-electron chi connectivity index (χ3n) is 8.04. The maximum atomic E-state index is 13.7. The van der Waals surface area contributed by atoms with Gasteiger partial charge < -0.3 is 10.1 Å². The van der Waals surface area contributed by atoms with Gasteiger partial charge in [0.1, 0.15) is 11.6 Å². The quantitative estimate of drug-likeness (QED) is 0.228. The summed E-state index contributed by atoms with van der Waals surface area (Å²) in [6, 6.07) is 16.2. The van der Waals surface area contributed by atoms with Crippen LogP contribution in [-0.2, 0) is 32.0 Å². The third kappa shape index (κ3) is 9.82. The first kappa shape index (κ1) is 32.0. The van der Waals surface area contributed by atoms with Crippen molar-refractivity contribution >= 4 is 39.0 Å². The summed E-state index contributed by atoms with van der Waals surface area (Å²) in [5, 5.41) is 4.11. The zero-order chi connectivity index (χ0) is 29.9. The Morgan fingerprint density at radius 2 is 1.76 bits per heavy atom. The van der Waals surface area contributed by atoms with E-state index >= 15 is 0 Å². The van der Waals surface area contributed by atoms with Gasteiger partial charge in [0.2, 0.25) is 5.91 Å². The van der Waals surface area contributed by atoms with E-state index in [1.54, 1.807) is 11.3 Å². The number of nitrogens with zero attached hydrogens (tertiary/aromatic N) is 2. The zero-order valence-corrected chi connectivity index (χ0v) is 26.1. The molecule has 1 aliphatic rings. The molecule has 1 saturated heterocycles. The Balaban J connectivity index is 1.43. The van der Waals surface area contributed by atoms with Crippen LogP contribution < -0.4 is 5.32 Å². The smallest absolute Gasteiger partial charge is 0.224 e. The number of hydrogen-bond donors (Lipinski definition) is 1. The number of nitrogens with one attached hydrogen (secondary N) is 1. The summed E-state index contributed by atoms with van der Waals surface area (Å²) in [7, 11) is 0. The minimum absolute atomic E-state index is 0.0660. The van der Waals surface area contributed by atoms with Gasteiger partial charge >= 0.3 is 0 Å². The minimum atomic E-state index is -0.502. The number of aromatic nitrogens is 1. The van der Waals surface area contributed by atoms with Gasteiger partial charge in [0, 0.05) is 57.8 Å². The predicted octanol–water partition coefficient (Wildman–Crippen LogP) is 5.75. The van der Waals surface area contributed by atoms with E-state index < -0.39 is 5.92 Å². The van der Waals surface area contributed by atoms with Crippen LogP contribution in [-0.4, -0.2) is 66.2 Å². The maximum absolute atomic E-state index is 13.7. The summed E-state index contributed by atoms with van der Waals surface area (Å²) in [6.45, 7) is 10.1. The van der Waals surface area contributed by atoms with Crippen molar-refractivity contribution < 1.29 is 19.1 Å². The van der Waals surface area contributed by atoms with Gasteiger partial charge in [-0.1, -0.05) is 57.2 Å². The molecule has 0 aliphatic carbocycles. The number of thiazole rings is 1. The van der Waals surface area contributed by atoms with Gasteiger partial charge in [-0.3, -0.25) is 19.3 Å². The van der Waals surface area contributed by atoms with Crippen LogP contribution in [0.3, 0.4) is 0 Å². The van der Waals surface area contributed by atoms with Gasteiger partial charge in [0.15, 0.2) is 0 Å². The van der Waals surface area contributed by atoms with Gasteiger partial charge in [-0.05, 0) is 42.0 Å². The molecule has 2 atom stereocenters. The summed E-state index contributed by atoms with van der Waals surface area (Å²) >= 11 is 1.60. The van der Waals surface area contributed by atoms with E-state index in [0.29, 0.717) is 44.4 Å². The highest BCUT2D eigenvalue weighted by Crippen LogP contribution is 2.28. The number of ether oxygens (including phenoxy) is 1. The molecule has 2 heterocycles. The molecule has 1 aromatic heterocycles. The molecule has 0 unspecified atom stereocenters. The van der Waals surface area contributed by atoms with Crippen LogP contribution in [0.1, 0.15) is 74.9 Å². The van der Waals surface area contributed by atoms with Crippen molar-refractivity contribution in [2.45, 2.75) is 77.7 Å². The molecule has 1 fully saturated rings. The molecule has 0 radical (unpaired) electrons. The molecular formula is C34H45N3O4S. The van der Waals surface area contributed by atoms with Crippen LogP contribution in [0.2, 0.25) is 0 Å². The van der Waals surface area contributed by atoms with E-state index in [9.17, 15) is 14.4 Å². The standard InChI is InChI=1S/C34H45N3O4S/c1-4-29(38)21-27(23-33-36-31-13-10-26(24(2)3)22-32(31)42-33)34(40)35-28(20-25-8-6-5-7-9-25)11-12-30(39)14-15-37-16-18-41-19-17-37/h5-10,13,22,24,27-28H,4,11-12,14-21,23H2,1-3H3,(H,35,40)/t27-,28+/m1/s1. The molecule has 8 heteroatoms. The van der Waals surface area contributed by atoms with Crippen LogP contribution >= 0.6 is 11.3 Å². The number of fused-ring (bicyclic) bond motifs is 1. The molecule has 1 amide bonds. The molecule has 0 spiro atoms. The maximum Gasteiger partial charge on any atom is 0.224 e. The Morgan fingerprint density at radius 3 is 2.48 bits per heavy atom. The number of ketones is 2. The molecule has 0 saturated carbocycles. The van der Waals surface area contributed by atoms with E-state index in [4.69, 9.17) is 9.72 Å². The summed E-state index contributed by atoms with van der Waals surface area (Å²) in [5.74, 6) is 0.0601. The van der Waals surface area contributed by atoms with E-state index in [2.05, 4.69) is 36.2 Å². The Labute approximate surface area is 254 Å². The van der Waals surface area contributed by atoms with E-state index in [1.165, 1.54) is 5.56 Å². The molecule has 4 rings (SSSR count). The molecular weight excluding hydrogens is 546 g/mol. The number of amides is 1. The number of carbonyl (C=O) groups is 3. The number of benzene rings is 2. The van der Waals surface area contributed by atoms with E-state index in [1.807, 2.05) is 43.3 Å². The highest BCUT2D eigenvalue weighted by molar-refractivity contribution is 7.18. The number of hydrogen-bond acceptors (Lipinski definition) is 7. The summed E-state index contributed by atoms with van der Waals surface area (Å²) in [5.41, 5.74) is 3.30. The summed E-state index contributed by atoms with van der Waals surface area (Å²) in [4.78, 5) is 46.2. The molecule has 7 nitrogen and oxygen atoms in total. The predicted molar refractivity (Wildman–Crippen MR) is 169 cm³/mol. The van der Waals surface area contributed by atoms with Crippen molar-refractivity contribution in [2.24, 2.45) is 5.92 Å². The molecule has 226 valence electrons. The van der Waals surface area contributed by atoms with Gasteiger partial charge in [-0.25, -0.2) is 4.98 Å². The lowest BCUT2D eigenvalue weighted by Gasteiger charge is -2.26.